The second-order valence-electron chi connectivity index (χ2n) is 5.40. The van der Waals surface area contributed by atoms with Gasteiger partial charge in [0.2, 0.25) is 5.91 Å². The van der Waals surface area contributed by atoms with E-state index in [1.54, 1.807) is 21.0 Å². The van der Waals surface area contributed by atoms with Crippen LogP contribution in [0.15, 0.2) is 21.4 Å². The molecule has 1 aliphatic rings. The molecule has 1 aliphatic heterocycles. The number of methoxy groups -OCH3 is 1. The highest BCUT2D eigenvalue weighted by Gasteiger charge is 2.30. The van der Waals surface area contributed by atoms with Gasteiger partial charge in [0, 0.05) is 14.1 Å². The van der Waals surface area contributed by atoms with Crippen LogP contribution in [0.3, 0.4) is 0 Å². The molecular weight excluding hydrogens is 336 g/mol. The van der Waals surface area contributed by atoms with Gasteiger partial charge in [-0.05, 0) is 19.1 Å². The van der Waals surface area contributed by atoms with Gasteiger partial charge in [0.05, 0.1) is 24.0 Å². The molecule has 0 bridgehead atoms. The monoisotopic (exact) mass is 354 g/mol. The molecule has 0 aliphatic carbocycles. The minimum atomic E-state index is -4.10. The molecule has 0 saturated heterocycles. The van der Waals surface area contributed by atoms with E-state index >= 15 is 0 Å². The molecule has 0 fully saturated rings. The van der Waals surface area contributed by atoms with Crippen molar-refractivity contribution in [3.63, 3.8) is 0 Å². The highest BCUT2D eigenvalue weighted by Crippen LogP contribution is 2.36. The van der Waals surface area contributed by atoms with E-state index in [4.69, 9.17) is 0 Å². The molecule has 1 aromatic rings. The molecule has 9 nitrogen and oxygen atoms in total. The van der Waals surface area contributed by atoms with Gasteiger partial charge in [-0.25, -0.2) is 4.79 Å². The minimum absolute atomic E-state index is 0.00784. The van der Waals surface area contributed by atoms with Crippen LogP contribution in [0.5, 0.6) is 0 Å². The average Bonchev–Trinajstić information content (AvgIpc) is 2.52. The second kappa shape index (κ2) is 6.48. The summed E-state index contributed by atoms with van der Waals surface area (Å²) in [6.45, 7) is 1.59. The van der Waals surface area contributed by atoms with Crippen LogP contribution < -0.4 is 10.6 Å². The highest BCUT2D eigenvalue weighted by molar-refractivity contribution is 7.90. The van der Waals surface area contributed by atoms with E-state index in [0.29, 0.717) is 0 Å². The van der Waals surface area contributed by atoms with E-state index in [1.807, 2.05) is 0 Å². The molecule has 0 spiro atoms. The summed E-state index contributed by atoms with van der Waals surface area (Å²) in [5.74, 6) is -1.07. The molecule has 1 amide bonds. The number of amides is 1. The lowest BCUT2D eigenvalue weighted by molar-refractivity contribution is -0.116. The fourth-order valence-electron chi connectivity index (χ4n) is 2.04. The van der Waals surface area contributed by atoms with Crippen molar-refractivity contribution in [3.8, 4) is 0 Å². The Kier molecular flexibility index (Phi) is 4.78. The van der Waals surface area contributed by atoms with Crippen LogP contribution in [0.1, 0.15) is 17.3 Å². The van der Waals surface area contributed by atoms with E-state index < -0.39 is 22.0 Å². The SMILES string of the molecule is COC(=O)c1cc2c(c(S(=O)(=O)/N=C/N(C)C)c1)N[C@H](C)C(=O)N2. The molecule has 0 radical (unpaired) electrons. The molecule has 1 aromatic carbocycles. The summed E-state index contributed by atoms with van der Waals surface area (Å²) in [6.07, 6.45) is 1.14. The molecular formula is C14H18N4O5S. The van der Waals surface area contributed by atoms with Crippen molar-refractivity contribution in [1.29, 1.82) is 0 Å². The van der Waals surface area contributed by atoms with Gasteiger partial charge >= 0.3 is 5.97 Å². The summed E-state index contributed by atoms with van der Waals surface area (Å²) in [4.78, 5) is 24.8. The van der Waals surface area contributed by atoms with Crippen molar-refractivity contribution >= 4 is 39.6 Å². The number of benzene rings is 1. The van der Waals surface area contributed by atoms with Crippen LogP contribution in [-0.2, 0) is 19.6 Å². The van der Waals surface area contributed by atoms with Crippen molar-refractivity contribution in [3.05, 3.63) is 17.7 Å². The third-order valence-corrected chi connectivity index (χ3v) is 4.48. The largest absolute Gasteiger partial charge is 0.465 e. The summed E-state index contributed by atoms with van der Waals surface area (Å²) in [6, 6.07) is 1.89. The van der Waals surface area contributed by atoms with Crippen LogP contribution in [0, 0.1) is 0 Å². The zero-order chi connectivity index (χ0) is 18.1. The molecule has 1 heterocycles. The van der Waals surface area contributed by atoms with E-state index in [0.717, 1.165) is 6.34 Å². The number of nitrogens with zero attached hydrogens (tertiary/aromatic N) is 2. The second-order valence-corrected chi connectivity index (χ2v) is 7.00. The number of ether oxygens (including phenoxy) is 1. The maximum atomic E-state index is 12.5. The van der Waals surface area contributed by atoms with Crippen LogP contribution in [-0.4, -0.2) is 58.8 Å². The van der Waals surface area contributed by atoms with Crippen molar-refractivity contribution in [2.24, 2.45) is 4.40 Å². The van der Waals surface area contributed by atoms with Gasteiger partial charge in [-0.2, -0.15) is 8.42 Å². The topological polar surface area (TPSA) is 117 Å². The number of nitrogens with one attached hydrogen (secondary N) is 2. The van der Waals surface area contributed by atoms with Crippen LogP contribution in [0.2, 0.25) is 0 Å². The quantitative estimate of drug-likeness (QED) is 0.459. The van der Waals surface area contributed by atoms with Gasteiger partial charge in [0.25, 0.3) is 10.0 Å². The summed E-state index contributed by atoms with van der Waals surface area (Å²) in [5.41, 5.74) is 0.358. The lowest BCUT2D eigenvalue weighted by Gasteiger charge is -2.26. The Morgan fingerprint density at radius 1 is 1.38 bits per heavy atom. The minimum Gasteiger partial charge on any atom is -0.465 e. The first-order chi connectivity index (χ1) is 11.2. The van der Waals surface area contributed by atoms with Crippen molar-refractivity contribution in [2.75, 3.05) is 31.8 Å². The zero-order valence-electron chi connectivity index (χ0n) is 13.7. The normalized spacial score (nSPS) is 17.0. The number of rotatable bonds is 4. The Balaban J connectivity index is 2.67. The summed E-state index contributed by atoms with van der Waals surface area (Å²) < 4.78 is 33.3. The highest BCUT2D eigenvalue weighted by atomic mass is 32.2. The molecule has 0 unspecified atom stereocenters. The molecule has 2 N–H and O–H groups in total. The zero-order valence-corrected chi connectivity index (χ0v) is 14.5. The molecule has 130 valence electrons. The third-order valence-electron chi connectivity index (χ3n) is 3.23. The van der Waals surface area contributed by atoms with E-state index in [9.17, 15) is 18.0 Å². The van der Waals surface area contributed by atoms with Crippen LogP contribution >= 0.6 is 0 Å². The number of sulfonamides is 1. The van der Waals surface area contributed by atoms with Crippen LogP contribution in [0.25, 0.3) is 0 Å². The summed E-state index contributed by atoms with van der Waals surface area (Å²) >= 11 is 0. The first-order valence-corrected chi connectivity index (χ1v) is 8.40. The van der Waals surface area contributed by atoms with Crippen molar-refractivity contribution in [2.45, 2.75) is 17.9 Å². The number of hydrogen-bond acceptors (Lipinski definition) is 6. The van der Waals surface area contributed by atoms with Crippen molar-refractivity contribution < 1.29 is 22.7 Å². The van der Waals surface area contributed by atoms with E-state index in [-0.39, 0.29) is 27.7 Å². The van der Waals surface area contributed by atoms with Crippen LogP contribution in [0.4, 0.5) is 11.4 Å². The van der Waals surface area contributed by atoms with Gasteiger partial charge in [0.1, 0.15) is 17.3 Å². The Morgan fingerprint density at radius 3 is 2.62 bits per heavy atom. The Hall–Kier alpha value is -2.62. The first kappa shape index (κ1) is 17.7. The van der Waals surface area contributed by atoms with Gasteiger partial charge < -0.3 is 20.3 Å². The molecule has 2 rings (SSSR count). The number of hydrogen-bond donors (Lipinski definition) is 2. The van der Waals surface area contributed by atoms with Gasteiger partial charge in [-0.1, -0.05) is 0 Å². The maximum absolute atomic E-state index is 12.5. The molecule has 1 atom stereocenters. The van der Waals surface area contributed by atoms with E-state index in [2.05, 4.69) is 19.8 Å². The number of anilines is 2. The fraction of sp³-hybridized carbons (Fsp3) is 0.357. The first-order valence-electron chi connectivity index (χ1n) is 6.96. The number of carbonyl (C=O) groups is 2. The Labute approximate surface area is 139 Å². The fourth-order valence-corrected chi connectivity index (χ4v) is 3.17. The molecule has 10 heteroatoms. The van der Waals surface area contributed by atoms with Gasteiger partial charge in [-0.3, -0.25) is 4.79 Å². The number of esters is 1. The predicted molar refractivity (Wildman–Crippen MR) is 88.9 cm³/mol. The molecule has 24 heavy (non-hydrogen) atoms. The maximum Gasteiger partial charge on any atom is 0.337 e. The van der Waals surface area contributed by atoms with Gasteiger partial charge in [-0.15, -0.1) is 4.40 Å². The lowest BCUT2D eigenvalue weighted by atomic mass is 10.1. The van der Waals surface area contributed by atoms with E-state index in [1.165, 1.54) is 24.1 Å². The Morgan fingerprint density at radius 2 is 2.04 bits per heavy atom. The smallest absolute Gasteiger partial charge is 0.337 e. The molecule has 0 saturated carbocycles. The number of fused-ring (bicyclic) bond motifs is 1. The summed E-state index contributed by atoms with van der Waals surface area (Å²) in [7, 11) is 0.334. The Bertz CT molecular complexity index is 817. The predicted octanol–water partition coefficient (Wildman–Crippen LogP) is 0.504. The van der Waals surface area contributed by atoms with Gasteiger partial charge in [0.15, 0.2) is 0 Å². The standard InChI is InChI=1S/C14H18N4O5S/c1-8-13(19)17-10-5-9(14(20)23-4)6-11(12(10)16-8)24(21,22)15-7-18(2)3/h5-8,16H,1-4H3,(H,17,19)/b15-7+/t8-/m1/s1. The third kappa shape index (κ3) is 3.48. The number of carbonyl (C=O) groups excluding carboxylic acids is 2. The van der Waals surface area contributed by atoms with Crippen molar-refractivity contribution in [1.82, 2.24) is 4.90 Å². The average molecular weight is 354 g/mol. The summed E-state index contributed by atoms with van der Waals surface area (Å²) in [5, 5.41) is 5.40. The molecule has 0 aromatic heterocycles. The lowest BCUT2D eigenvalue weighted by Crippen LogP contribution is -2.37.